The van der Waals surface area contributed by atoms with Crippen molar-refractivity contribution in [2.24, 2.45) is 0 Å². The van der Waals surface area contributed by atoms with E-state index in [2.05, 4.69) is 60.3 Å². The summed E-state index contributed by atoms with van der Waals surface area (Å²) in [5.41, 5.74) is 10.9. The van der Waals surface area contributed by atoms with E-state index in [-0.39, 0.29) is 67.8 Å². The number of hydrogen-bond acceptors (Lipinski definition) is 13. The molecule has 0 spiro atoms. The van der Waals surface area contributed by atoms with Crippen molar-refractivity contribution in [1.29, 1.82) is 0 Å². The van der Waals surface area contributed by atoms with Crippen LogP contribution in [0.3, 0.4) is 0 Å². The average Bonchev–Trinajstić information content (AvgIpc) is 4.19. The molecule has 0 saturated heterocycles. The molecule has 10 aromatic rings. The van der Waals surface area contributed by atoms with Crippen LogP contribution in [0, 0.1) is 26.3 Å². The standard InChI is InChI=1S/C16H12N4OS2.C10H7N4S.C9H8N2O2.C6H6O2S.2C2H6.Na.Y/c1-11-7-8-20-14(9-11)13(10-17-20)15-18-19-16(22-15)23(21)12-5-3-2-4-6-12;1-7-2-3-14-9(4-7)8(5-12-14)10-13-11-6-15-10;1-6-2-3-11-8(4-6)7(5-10-11)9(12)13;7-9(8)6-4-2-1-3-5-6;2*1-2;;/h2-10H,1H3;2-5H,1H3;2-5H,1H3,(H,12,13);1-5H,(H,7,8);2*1-2H3;;/q;-1;;;;;+1;/p-1. The molecule has 66 heavy (non-hydrogen) atoms. The van der Waals surface area contributed by atoms with Crippen molar-refractivity contribution in [2.45, 2.75) is 62.6 Å². The molecule has 0 aliphatic heterocycles. The minimum absolute atomic E-state index is 0. The molecule has 21 heteroatoms. The SMILES string of the molecule is CC.CC.Cc1ccn2ncc(-c3nn[c-]s3)c2c1.Cc1ccn2ncc(-c3nnc(S(=O)c4ccccc4)s3)c2c1.Cc1ccn2ncc(C(=O)O)c2c1.O=S([O-])c1ccccc1.[Na+].[Y]. The maximum Gasteiger partial charge on any atom is 1.00 e. The van der Waals surface area contributed by atoms with Gasteiger partial charge in [0, 0.05) is 67.3 Å². The predicted octanol–water partition coefficient (Wildman–Crippen LogP) is 6.61. The van der Waals surface area contributed by atoms with Crippen molar-refractivity contribution >= 4 is 67.1 Å². The van der Waals surface area contributed by atoms with Crippen molar-refractivity contribution in [3.63, 3.8) is 0 Å². The van der Waals surface area contributed by atoms with Gasteiger partial charge in [-0.15, -0.1) is 10.2 Å². The summed E-state index contributed by atoms with van der Waals surface area (Å²) in [5.74, 6) is -0.944. The third kappa shape index (κ3) is 14.7. The predicted molar refractivity (Wildman–Crippen MR) is 251 cm³/mol. The van der Waals surface area contributed by atoms with Crippen LogP contribution in [0.15, 0.2) is 148 Å². The number of fused-ring (bicyclic) bond motifs is 3. The normalized spacial score (nSPS) is 10.9. The summed E-state index contributed by atoms with van der Waals surface area (Å²) in [7, 11) is -1.31. The van der Waals surface area contributed by atoms with Crippen LogP contribution in [0.5, 0.6) is 0 Å². The minimum Gasteiger partial charge on any atom is -0.768 e. The Labute approximate surface area is 442 Å². The molecule has 333 valence electrons. The van der Waals surface area contributed by atoms with Gasteiger partial charge in [-0.25, -0.2) is 22.5 Å². The Balaban J connectivity index is 0.000000237. The topological polar surface area (TPSA) is 198 Å². The van der Waals surface area contributed by atoms with Gasteiger partial charge in [0.2, 0.25) is 4.34 Å². The summed E-state index contributed by atoms with van der Waals surface area (Å²) in [5, 5.41) is 38.9. The Hall–Kier alpha value is -4.54. The molecule has 0 aliphatic rings. The zero-order chi connectivity index (χ0) is 46.2. The molecule has 1 radical (unpaired) electrons. The molecule has 0 aliphatic carbocycles. The van der Waals surface area contributed by atoms with E-state index in [1.165, 1.54) is 34.4 Å². The van der Waals surface area contributed by atoms with E-state index < -0.39 is 27.8 Å². The summed E-state index contributed by atoms with van der Waals surface area (Å²) >= 11 is 0.660. The van der Waals surface area contributed by atoms with E-state index in [1.54, 1.807) is 57.8 Å². The van der Waals surface area contributed by atoms with Crippen LogP contribution in [0.2, 0.25) is 0 Å². The first-order valence-corrected chi connectivity index (χ1v) is 23.6. The molecule has 15 nitrogen and oxygen atoms in total. The number of aromatic nitrogens is 10. The van der Waals surface area contributed by atoms with Gasteiger partial charge in [0.05, 0.1) is 34.5 Å². The van der Waals surface area contributed by atoms with Crippen molar-refractivity contribution in [1.82, 2.24) is 49.2 Å². The smallest absolute Gasteiger partial charge is 0.768 e. The quantitative estimate of drug-likeness (QED) is 0.106. The van der Waals surface area contributed by atoms with E-state index in [9.17, 15) is 17.8 Å². The Morgan fingerprint density at radius 2 is 1.09 bits per heavy atom. The Morgan fingerprint density at radius 3 is 1.55 bits per heavy atom. The van der Waals surface area contributed by atoms with Gasteiger partial charge in [-0.2, -0.15) is 15.3 Å². The number of carboxylic acid groups (broad SMARTS) is 1. The Bertz CT molecular complexity index is 3090. The molecular formula is C45H44N10NaO5S4Y-. The van der Waals surface area contributed by atoms with Crippen LogP contribution in [0.1, 0.15) is 54.7 Å². The van der Waals surface area contributed by atoms with Crippen LogP contribution < -0.4 is 29.6 Å². The molecule has 2 aromatic carbocycles. The third-order valence-corrected chi connectivity index (χ3v) is 12.4. The number of nitrogens with zero attached hydrogens (tertiary/aromatic N) is 10. The average molecular weight is 1050 g/mol. The Morgan fingerprint density at radius 1 is 0.636 bits per heavy atom. The van der Waals surface area contributed by atoms with Crippen LogP contribution in [-0.4, -0.2) is 73.3 Å². The number of carboxylic acids is 1. The van der Waals surface area contributed by atoms with Gasteiger partial charge in [0.1, 0.15) is 16.4 Å². The maximum absolute atomic E-state index is 12.5. The summed E-state index contributed by atoms with van der Waals surface area (Å²) < 4.78 is 38.6. The van der Waals surface area contributed by atoms with Crippen molar-refractivity contribution in [3.05, 3.63) is 162 Å². The number of hydrogen-bond donors (Lipinski definition) is 1. The van der Waals surface area contributed by atoms with Gasteiger partial charge in [-0.3, -0.25) is 14.4 Å². The molecule has 0 fully saturated rings. The molecule has 2 unspecified atom stereocenters. The van der Waals surface area contributed by atoms with E-state index in [0.29, 0.717) is 14.8 Å². The van der Waals surface area contributed by atoms with Gasteiger partial charge in [-0.1, -0.05) is 80.9 Å². The van der Waals surface area contributed by atoms with Crippen molar-refractivity contribution in [2.75, 3.05) is 0 Å². The van der Waals surface area contributed by atoms with Crippen LogP contribution in [0.4, 0.5) is 0 Å². The number of carbonyl (C=O) groups is 1. The number of rotatable bonds is 6. The molecule has 10 rings (SSSR count). The number of aryl methyl sites for hydroxylation is 3. The second-order valence-corrected chi connectivity index (χ2v) is 17.1. The minimum atomic E-state index is -2.08. The summed E-state index contributed by atoms with van der Waals surface area (Å²) in [6, 6.07) is 29.4. The molecule has 2 atom stereocenters. The van der Waals surface area contributed by atoms with E-state index in [4.69, 9.17) is 5.11 Å². The first-order valence-electron chi connectivity index (χ1n) is 19.8. The number of benzene rings is 2. The molecule has 8 heterocycles. The fourth-order valence-corrected chi connectivity index (χ4v) is 8.62. The number of pyridine rings is 3. The molecular weight excluding hydrogens is 1000 g/mol. The molecule has 0 amide bonds. The van der Waals surface area contributed by atoms with Gasteiger partial charge in [0.15, 0.2) is 5.01 Å². The van der Waals surface area contributed by atoms with E-state index in [0.717, 1.165) is 48.2 Å². The number of aromatic carboxylic acids is 1. The first kappa shape index (κ1) is 55.8. The fraction of sp³-hybridized carbons (Fsp3) is 0.156. The van der Waals surface area contributed by atoms with Gasteiger partial charge >= 0.3 is 35.5 Å². The van der Waals surface area contributed by atoms with E-state index >= 15 is 0 Å². The molecule has 1 N–H and O–H groups in total. The molecule has 0 saturated carbocycles. The second-order valence-electron chi connectivity index (χ2n) is 12.8. The fourth-order valence-electron chi connectivity index (χ4n) is 5.58. The maximum atomic E-state index is 12.5. The zero-order valence-corrected chi connectivity index (χ0v) is 45.6. The molecule has 8 aromatic heterocycles. The summed E-state index contributed by atoms with van der Waals surface area (Å²) in [4.78, 5) is 11.8. The third-order valence-electron chi connectivity index (χ3n) is 8.50. The van der Waals surface area contributed by atoms with E-state index in [1.807, 2.05) is 113 Å². The largest absolute Gasteiger partial charge is 1.00 e. The summed E-state index contributed by atoms with van der Waals surface area (Å²) in [6.45, 7) is 14.0. The molecule has 0 bridgehead atoms. The van der Waals surface area contributed by atoms with Crippen molar-refractivity contribution < 1.29 is 85.1 Å². The van der Waals surface area contributed by atoms with Crippen LogP contribution in [-0.2, 0) is 54.6 Å². The monoisotopic (exact) mass is 1040 g/mol. The van der Waals surface area contributed by atoms with Crippen molar-refractivity contribution in [3.8, 4) is 21.1 Å². The summed E-state index contributed by atoms with van der Waals surface area (Å²) in [6.07, 6.45) is 10.5. The second kappa shape index (κ2) is 27.9. The van der Waals surface area contributed by atoms with Gasteiger partial charge in [0.25, 0.3) is 0 Å². The first-order chi connectivity index (χ1) is 31.0. The zero-order valence-electron chi connectivity index (χ0n) is 37.5. The van der Waals surface area contributed by atoms with Crippen LogP contribution >= 0.6 is 22.7 Å². The van der Waals surface area contributed by atoms with Crippen LogP contribution in [0.25, 0.3) is 37.7 Å². The van der Waals surface area contributed by atoms with Gasteiger partial charge < -0.3 is 21.0 Å². The van der Waals surface area contributed by atoms with Gasteiger partial charge in [-0.05, 0) is 120 Å². The Kier molecular flexibility index (Phi) is 23.6.